The number of carbonyl (C=O) groups is 2. The quantitative estimate of drug-likeness (QED) is 0.921. The molecule has 0 spiro atoms. The number of nitrogens with one attached hydrogen (secondary N) is 1. The minimum atomic E-state index is 0.0377. The summed E-state index contributed by atoms with van der Waals surface area (Å²) < 4.78 is 5.23. The first kappa shape index (κ1) is 16.6. The molecule has 0 aromatic heterocycles. The summed E-state index contributed by atoms with van der Waals surface area (Å²) >= 11 is 0. The summed E-state index contributed by atoms with van der Waals surface area (Å²) in [6, 6.07) is 13.7. The van der Waals surface area contributed by atoms with Crippen molar-refractivity contribution in [1.82, 2.24) is 4.90 Å². The van der Waals surface area contributed by atoms with E-state index in [0.717, 1.165) is 42.0 Å². The van der Waals surface area contributed by atoms with E-state index in [4.69, 9.17) is 4.74 Å². The van der Waals surface area contributed by atoms with Crippen molar-refractivity contribution in [3.63, 3.8) is 0 Å². The van der Waals surface area contributed by atoms with Crippen LogP contribution in [0.2, 0.25) is 0 Å². The molecule has 2 heterocycles. The molecule has 0 unspecified atom stereocenters. The van der Waals surface area contributed by atoms with Gasteiger partial charge in [-0.3, -0.25) is 9.59 Å². The molecule has 2 aromatic carbocycles. The van der Waals surface area contributed by atoms with Gasteiger partial charge in [0.05, 0.1) is 13.2 Å². The molecule has 1 saturated heterocycles. The van der Waals surface area contributed by atoms with Crippen molar-refractivity contribution in [2.24, 2.45) is 0 Å². The fourth-order valence-electron chi connectivity index (χ4n) is 3.86. The summed E-state index contributed by atoms with van der Waals surface area (Å²) in [4.78, 5) is 26.6. The normalized spacial score (nSPS) is 19.0. The summed E-state index contributed by atoms with van der Waals surface area (Å²) in [6.07, 6.45) is 3.13. The number of hydrogen-bond acceptors (Lipinski definition) is 3. The number of rotatable bonds is 3. The molecule has 134 valence electrons. The minimum Gasteiger partial charge on any atom is -0.497 e. The molecule has 0 saturated carbocycles. The van der Waals surface area contributed by atoms with E-state index in [1.807, 2.05) is 47.4 Å². The molecular formula is C21H22N2O3. The lowest BCUT2D eigenvalue weighted by molar-refractivity contribution is -0.116. The van der Waals surface area contributed by atoms with Gasteiger partial charge in [0.1, 0.15) is 5.75 Å². The Labute approximate surface area is 153 Å². The third-order valence-electron chi connectivity index (χ3n) is 5.26. The van der Waals surface area contributed by atoms with E-state index in [1.165, 1.54) is 0 Å². The van der Waals surface area contributed by atoms with E-state index in [2.05, 4.69) is 5.32 Å². The van der Waals surface area contributed by atoms with Gasteiger partial charge in [0.2, 0.25) is 5.91 Å². The maximum atomic E-state index is 13.1. The lowest BCUT2D eigenvalue weighted by Gasteiger charge is -2.26. The number of likely N-dealkylation sites (tertiary alicyclic amines) is 1. The SMILES string of the molecule is COc1ccc([C@@H]2CCCN2C(=O)c2ccc3c(c2)CCC(=O)N3)cc1. The van der Waals surface area contributed by atoms with Crippen molar-refractivity contribution in [3.05, 3.63) is 59.2 Å². The van der Waals surface area contributed by atoms with Gasteiger partial charge >= 0.3 is 0 Å². The van der Waals surface area contributed by atoms with Crippen molar-refractivity contribution in [3.8, 4) is 5.75 Å². The smallest absolute Gasteiger partial charge is 0.254 e. The first-order chi connectivity index (χ1) is 12.7. The summed E-state index contributed by atoms with van der Waals surface area (Å²) in [6.45, 7) is 0.767. The van der Waals surface area contributed by atoms with E-state index >= 15 is 0 Å². The van der Waals surface area contributed by atoms with Crippen LogP contribution in [0.5, 0.6) is 5.75 Å². The molecule has 2 aliphatic heterocycles. The number of anilines is 1. The van der Waals surface area contributed by atoms with E-state index in [-0.39, 0.29) is 17.9 Å². The predicted molar refractivity (Wildman–Crippen MR) is 99.4 cm³/mol. The van der Waals surface area contributed by atoms with Gasteiger partial charge in [-0.2, -0.15) is 0 Å². The van der Waals surface area contributed by atoms with Gasteiger partial charge in [0, 0.05) is 24.2 Å². The van der Waals surface area contributed by atoms with Crippen molar-refractivity contribution in [2.45, 2.75) is 31.7 Å². The Kier molecular flexibility index (Phi) is 4.37. The highest BCUT2D eigenvalue weighted by Gasteiger charge is 2.31. The van der Waals surface area contributed by atoms with Gasteiger partial charge in [-0.05, 0) is 60.7 Å². The predicted octanol–water partition coefficient (Wildman–Crippen LogP) is 3.56. The van der Waals surface area contributed by atoms with Gasteiger partial charge in [0.15, 0.2) is 0 Å². The molecule has 5 heteroatoms. The third kappa shape index (κ3) is 3.05. The van der Waals surface area contributed by atoms with Crippen LogP contribution in [-0.2, 0) is 11.2 Å². The Balaban J connectivity index is 1.57. The van der Waals surface area contributed by atoms with Gasteiger partial charge in [-0.15, -0.1) is 0 Å². The summed E-state index contributed by atoms with van der Waals surface area (Å²) in [5.41, 5.74) is 3.70. The second-order valence-corrected chi connectivity index (χ2v) is 6.85. The highest BCUT2D eigenvalue weighted by Crippen LogP contribution is 2.34. The van der Waals surface area contributed by atoms with Gasteiger partial charge in [0.25, 0.3) is 5.91 Å². The number of amides is 2. The minimum absolute atomic E-state index is 0.0377. The Hall–Kier alpha value is -2.82. The number of ether oxygens (including phenoxy) is 1. The van der Waals surface area contributed by atoms with Gasteiger partial charge in [-0.1, -0.05) is 12.1 Å². The van der Waals surface area contributed by atoms with Crippen molar-refractivity contribution in [1.29, 1.82) is 0 Å². The average Bonchev–Trinajstić information content (AvgIpc) is 3.17. The van der Waals surface area contributed by atoms with Gasteiger partial charge in [-0.25, -0.2) is 0 Å². The van der Waals surface area contributed by atoms with E-state index < -0.39 is 0 Å². The molecule has 1 N–H and O–H groups in total. The lowest BCUT2D eigenvalue weighted by Crippen LogP contribution is -2.31. The molecule has 2 aliphatic rings. The first-order valence-electron chi connectivity index (χ1n) is 9.03. The number of fused-ring (bicyclic) bond motifs is 1. The zero-order valence-electron chi connectivity index (χ0n) is 14.8. The first-order valence-corrected chi connectivity index (χ1v) is 9.03. The molecule has 0 bridgehead atoms. The Bertz CT molecular complexity index is 845. The highest BCUT2D eigenvalue weighted by molar-refractivity contribution is 5.98. The molecule has 2 amide bonds. The zero-order chi connectivity index (χ0) is 18.1. The average molecular weight is 350 g/mol. The number of nitrogens with zero attached hydrogens (tertiary/aromatic N) is 1. The Morgan fingerprint density at radius 1 is 1.15 bits per heavy atom. The third-order valence-corrected chi connectivity index (χ3v) is 5.26. The molecule has 0 aliphatic carbocycles. The van der Waals surface area contributed by atoms with Crippen LogP contribution in [0.3, 0.4) is 0 Å². The van der Waals surface area contributed by atoms with Gasteiger partial charge < -0.3 is 15.0 Å². The fraction of sp³-hybridized carbons (Fsp3) is 0.333. The molecule has 4 rings (SSSR count). The van der Waals surface area contributed by atoms with E-state index in [0.29, 0.717) is 18.4 Å². The Morgan fingerprint density at radius 2 is 1.96 bits per heavy atom. The van der Waals surface area contributed by atoms with Crippen LogP contribution in [0.1, 0.15) is 46.8 Å². The molecule has 1 atom stereocenters. The number of aryl methyl sites for hydroxylation is 1. The fourth-order valence-corrected chi connectivity index (χ4v) is 3.86. The maximum Gasteiger partial charge on any atom is 0.254 e. The number of hydrogen-bond donors (Lipinski definition) is 1. The van der Waals surface area contributed by atoms with Crippen LogP contribution in [0.4, 0.5) is 5.69 Å². The second-order valence-electron chi connectivity index (χ2n) is 6.85. The molecule has 0 radical (unpaired) electrons. The van der Waals surface area contributed by atoms with Crippen LogP contribution in [0, 0.1) is 0 Å². The highest BCUT2D eigenvalue weighted by atomic mass is 16.5. The van der Waals surface area contributed by atoms with Crippen LogP contribution >= 0.6 is 0 Å². The summed E-state index contributed by atoms with van der Waals surface area (Å²) in [5, 5.41) is 2.87. The largest absolute Gasteiger partial charge is 0.497 e. The maximum absolute atomic E-state index is 13.1. The standard InChI is InChI=1S/C21H22N2O3/c1-26-17-8-4-14(5-9-17)19-3-2-12-23(19)21(25)16-6-10-18-15(13-16)7-11-20(24)22-18/h4-6,8-10,13,19H,2-3,7,11-12H2,1H3,(H,22,24)/t19-/m0/s1. The summed E-state index contributed by atoms with van der Waals surface area (Å²) in [5.74, 6) is 0.917. The van der Waals surface area contributed by atoms with E-state index in [1.54, 1.807) is 7.11 Å². The zero-order valence-corrected chi connectivity index (χ0v) is 14.8. The number of methoxy groups -OCH3 is 1. The van der Waals surface area contributed by atoms with Crippen LogP contribution in [0.15, 0.2) is 42.5 Å². The van der Waals surface area contributed by atoms with Crippen LogP contribution in [-0.4, -0.2) is 30.4 Å². The van der Waals surface area contributed by atoms with Crippen molar-refractivity contribution >= 4 is 17.5 Å². The number of carbonyl (C=O) groups excluding carboxylic acids is 2. The number of benzene rings is 2. The van der Waals surface area contributed by atoms with Crippen LogP contribution in [0.25, 0.3) is 0 Å². The molecule has 1 fully saturated rings. The topological polar surface area (TPSA) is 58.6 Å². The second kappa shape index (κ2) is 6.83. The summed E-state index contributed by atoms with van der Waals surface area (Å²) in [7, 11) is 1.65. The molecule has 2 aromatic rings. The van der Waals surface area contributed by atoms with E-state index in [9.17, 15) is 9.59 Å². The van der Waals surface area contributed by atoms with Crippen LogP contribution < -0.4 is 10.1 Å². The van der Waals surface area contributed by atoms with Crippen molar-refractivity contribution in [2.75, 3.05) is 19.0 Å². The lowest BCUT2D eigenvalue weighted by atomic mass is 9.99. The monoisotopic (exact) mass is 350 g/mol. The molecule has 26 heavy (non-hydrogen) atoms. The molecule has 5 nitrogen and oxygen atoms in total. The Morgan fingerprint density at radius 3 is 2.73 bits per heavy atom. The molecular weight excluding hydrogens is 328 g/mol. The van der Waals surface area contributed by atoms with Crippen molar-refractivity contribution < 1.29 is 14.3 Å².